The quantitative estimate of drug-likeness (QED) is 0.569. The Morgan fingerprint density at radius 3 is 2.20 bits per heavy atom. The molecule has 164 valence electrons. The number of benzene rings is 2. The maximum Gasteiger partial charge on any atom is 0.262 e. The summed E-state index contributed by atoms with van der Waals surface area (Å²) >= 11 is 3.47. The summed E-state index contributed by atoms with van der Waals surface area (Å²) < 4.78 is 33.2. The van der Waals surface area contributed by atoms with E-state index >= 15 is 0 Å². The van der Waals surface area contributed by atoms with Crippen LogP contribution in [-0.2, 0) is 20.2 Å². The molecule has 0 fully saturated rings. The minimum atomic E-state index is -3.52. The summed E-state index contributed by atoms with van der Waals surface area (Å²) in [4.78, 5) is 12.5. The van der Waals surface area contributed by atoms with E-state index < -0.39 is 10.0 Å². The third kappa shape index (κ3) is 6.06. The average Bonchev–Trinajstić information content (AvgIpc) is 2.67. The number of ether oxygens (including phenoxy) is 1. The third-order valence-corrected chi connectivity index (χ3v) is 7.15. The average molecular weight is 497 g/mol. The van der Waals surface area contributed by atoms with Gasteiger partial charge in [-0.3, -0.25) is 4.79 Å². The molecule has 0 spiro atoms. The first kappa shape index (κ1) is 24.4. The Bertz CT molecular complexity index is 979. The van der Waals surface area contributed by atoms with E-state index in [1.54, 1.807) is 26.0 Å². The molecule has 0 aliphatic rings. The zero-order valence-corrected chi connectivity index (χ0v) is 20.4. The van der Waals surface area contributed by atoms with Gasteiger partial charge in [-0.2, -0.15) is 4.31 Å². The molecule has 0 aliphatic heterocycles. The van der Waals surface area contributed by atoms with Gasteiger partial charge >= 0.3 is 0 Å². The second kappa shape index (κ2) is 9.94. The van der Waals surface area contributed by atoms with Gasteiger partial charge in [0.25, 0.3) is 5.91 Å². The summed E-state index contributed by atoms with van der Waals surface area (Å²) in [5.74, 6) is 0.332. The molecule has 0 saturated carbocycles. The molecule has 8 heteroatoms. The molecule has 1 amide bonds. The number of carbonyl (C=O) groups excluding carboxylic acids is 1. The highest BCUT2D eigenvalue weighted by atomic mass is 79.9. The topological polar surface area (TPSA) is 75.7 Å². The van der Waals surface area contributed by atoms with Crippen LogP contribution >= 0.6 is 15.9 Å². The van der Waals surface area contributed by atoms with Crippen molar-refractivity contribution in [1.29, 1.82) is 0 Å². The second-order valence-corrected chi connectivity index (χ2v) is 10.7. The van der Waals surface area contributed by atoms with Crippen LogP contribution in [0, 0.1) is 0 Å². The molecule has 0 unspecified atom stereocenters. The van der Waals surface area contributed by atoms with Gasteiger partial charge in [0, 0.05) is 28.8 Å². The lowest BCUT2D eigenvalue weighted by Crippen LogP contribution is -2.30. The molecule has 0 bridgehead atoms. The molecule has 6 nitrogen and oxygen atoms in total. The van der Waals surface area contributed by atoms with E-state index in [0.29, 0.717) is 24.5 Å². The summed E-state index contributed by atoms with van der Waals surface area (Å²) in [5, 5.41) is 2.74. The Balaban J connectivity index is 2.05. The molecule has 0 atom stereocenters. The fourth-order valence-corrected chi connectivity index (χ4v) is 4.80. The van der Waals surface area contributed by atoms with Crippen molar-refractivity contribution >= 4 is 37.5 Å². The molecule has 0 heterocycles. The van der Waals surface area contributed by atoms with Crippen LogP contribution in [0.3, 0.4) is 0 Å². The monoisotopic (exact) mass is 496 g/mol. The maximum absolute atomic E-state index is 12.5. The standard InChI is InChI=1S/C22H29BrN2O4S/c1-6-25(7-2)30(27,28)18-11-9-17(10-12-18)24-21(26)15-29-20-13-8-16(23)14-19(20)22(3,4)5/h8-14H,6-7,15H2,1-5H3,(H,24,26). The number of halogens is 1. The Labute approximate surface area is 187 Å². The number of hydrogen-bond acceptors (Lipinski definition) is 4. The van der Waals surface area contributed by atoms with Crippen LogP contribution in [0.15, 0.2) is 51.8 Å². The van der Waals surface area contributed by atoms with Crippen molar-refractivity contribution in [2.24, 2.45) is 0 Å². The lowest BCUT2D eigenvalue weighted by Gasteiger charge is -2.23. The summed E-state index contributed by atoms with van der Waals surface area (Å²) in [6.45, 7) is 10.5. The van der Waals surface area contributed by atoms with Crippen molar-refractivity contribution < 1.29 is 17.9 Å². The van der Waals surface area contributed by atoms with Gasteiger partial charge in [0.05, 0.1) is 4.90 Å². The molecule has 30 heavy (non-hydrogen) atoms. The van der Waals surface area contributed by atoms with E-state index in [0.717, 1.165) is 10.0 Å². The molecule has 0 radical (unpaired) electrons. The van der Waals surface area contributed by atoms with Crippen molar-refractivity contribution in [1.82, 2.24) is 4.31 Å². The van der Waals surface area contributed by atoms with E-state index in [-0.39, 0.29) is 22.8 Å². The second-order valence-electron chi connectivity index (χ2n) is 7.84. The summed E-state index contributed by atoms with van der Waals surface area (Å²) in [7, 11) is -3.52. The summed E-state index contributed by atoms with van der Waals surface area (Å²) in [5.41, 5.74) is 1.37. The number of nitrogens with zero attached hydrogens (tertiary/aromatic N) is 1. The minimum Gasteiger partial charge on any atom is -0.483 e. The van der Waals surface area contributed by atoms with Gasteiger partial charge in [-0.15, -0.1) is 0 Å². The Kier molecular flexibility index (Phi) is 8.07. The number of carbonyl (C=O) groups is 1. The normalized spacial score (nSPS) is 12.1. The molecular formula is C22H29BrN2O4S. The van der Waals surface area contributed by atoms with Crippen molar-refractivity contribution in [3.05, 3.63) is 52.5 Å². The van der Waals surface area contributed by atoms with Gasteiger partial charge in [0.15, 0.2) is 6.61 Å². The number of hydrogen-bond donors (Lipinski definition) is 1. The van der Waals surface area contributed by atoms with E-state index in [2.05, 4.69) is 42.0 Å². The first-order chi connectivity index (χ1) is 14.0. The smallest absolute Gasteiger partial charge is 0.262 e. The Morgan fingerprint density at radius 2 is 1.67 bits per heavy atom. The largest absolute Gasteiger partial charge is 0.483 e. The lowest BCUT2D eigenvalue weighted by molar-refractivity contribution is -0.118. The SMILES string of the molecule is CCN(CC)S(=O)(=O)c1ccc(NC(=O)COc2ccc(Br)cc2C(C)(C)C)cc1. The van der Waals surface area contributed by atoms with Crippen LogP contribution in [0.25, 0.3) is 0 Å². The van der Waals surface area contributed by atoms with E-state index in [4.69, 9.17) is 4.74 Å². The third-order valence-electron chi connectivity index (χ3n) is 4.59. The van der Waals surface area contributed by atoms with Gasteiger partial charge in [0.2, 0.25) is 10.0 Å². The Morgan fingerprint density at radius 1 is 1.07 bits per heavy atom. The van der Waals surface area contributed by atoms with Gasteiger partial charge in [-0.25, -0.2) is 8.42 Å². The molecule has 0 saturated heterocycles. The van der Waals surface area contributed by atoms with Gasteiger partial charge in [-0.05, 0) is 47.9 Å². The van der Waals surface area contributed by atoms with E-state index in [1.807, 2.05) is 18.2 Å². The fourth-order valence-electron chi connectivity index (χ4n) is 2.98. The molecular weight excluding hydrogens is 468 g/mol. The van der Waals surface area contributed by atoms with Crippen molar-refractivity contribution in [2.75, 3.05) is 25.0 Å². The zero-order valence-electron chi connectivity index (χ0n) is 18.0. The number of amides is 1. The highest BCUT2D eigenvalue weighted by Crippen LogP contribution is 2.33. The first-order valence-electron chi connectivity index (χ1n) is 9.82. The molecule has 2 aromatic rings. The Hall–Kier alpha value is -1.90. The first-order valence-corrected chi connectivity index (χ1v) is 12.0. The zero-order chi connectivity index (χ0) is 22.5. The molecule has 1 N–H and O–H groups in total. The highest BCUT2D eigenvalue weighted by Gasteiger charge is 2.22. The van der Waals surface area contributed by atoms with E-state index in [9.17, 15) is 13.2 Å². The van der Waals surface area contributed by atoms with Gasteiger partial charge in [-0.1, -0.05) is 50.5 Å². The van der Waals surface area contributed by atoms with Crippen LogP contribution in [0.2, 0.25) is 0 Å². The van der Waals surface area contributed by atoms with Crippen LogP contribution in [0.4, 0.5) is 5.69 Å². The van der Waals surface area contributed by atoms with Crippen LogP contribution in [0.5, 0.6) is 5.75 Å². The predicted octanol–water partition coefficient (Wildman–Crippen LogP) is 4.79. The van der Waals surface area contributed by atoms with Gasteiger partial charge < -0.3 is 10.1 Å². The van der Waals surface area contributed by atoms with Crippen LogP contribution < -0.4 is 10.1 Å². The lowest BCUT2D eigenvalue weighted by atomic mass is 9.86. The summed E-state index contributed by atoms with van der Waals surface area (Å²) in [6.07, 6.45) is 0. The number of rotatable bonds is 8. The van der Waals surface area contributed by atoms with Crippen molar-refractivity contribution in [2.45, 2.75) is 44.9 Å². The van der Waals surface area contributed by atoms with Gasteiger partial charge in [0.1, 0.15) is 5.75 Å². The molecule has 0 aliphatic carbocycles. The fraction of sp³-hybridized carbons (Fsp3) is 0.409. The van der Waals surface area contributed by atoms with Crippen LogP contribution in [0.1, 0.15) is 40.2 Å². The van der Waals surface area contributed by atoms with E-state index in [1.165, 1.54) is 16.4 Å². The molecule has 0 aromatic heterocycles. The number of sulfonamides is 1. The molecule has 2 aromatic carbocycles. The van der Waals surface area contributed by atoms with Crippen molar-refractivity contribution in [3.63, 3.8) is 0 Å². The number of nitrogens with one attached hydrogen (secondary N) is 1. The predicted molar refractivity (Wildman–Crippen MR) is 124 cm³/mol. The maximum atomic E-state index is 12.5. The highest BCUT2D eigenvalue weighted by molar-refractivity contribution is 9.10. The van der Waals surface area contributed by atoms with Crippen molar-refractivity contribution in [3.8, 4) is 5.75 Å². The van der Waals surface area contributed by atoms with Crippen LogP contribution in [-0.4, -0.2) is 38.3 Å². The minimum absolute atomic E-state index is 0.137. The number of anilines is 1. The summed E-state index contributed by atoms with van der Waals surface area (Å²) in [6, 6.07) is 11.8. The molecule has 2 rings (SSSR count).